The normalized spacial score (nSPS) is 10.8. The first kappa shape index (κ1) is 23.0. The molecule has 0 bridgehead atoms. The first-order chi connectivity index (χ1) is 16.0. The zero-order valence-electron chi connectivity index (χ0n) is 18.3. The Morgan fingerprint density at radius 3 is 2.52 bits per heavy atom. The first-order valence-corrected chi connectivity index (χ1v) is 11.7. The summed E-state index contributed by atoms with van der Waals surface area (Å²) in [5.41, 5.74) is 7.55. The van der Waals surface area contributed by atoms with Crippen LogP contribution in [0.15, 0.2) is 65.4 Å². The quantitative estimate of drug-likeness (QED) is 0.269. The molecule has 0 aliphatic rings. The van der Waals surface area contributed by atoms with Crippen LogP contribution in [0, 0.1) is 11.7 Å². The number of ether oxygens (including phenoxy) is 2. The predicted octanol–water partition coefficient (Wildman–Crippen LogP) is 5.80. The van der Waals surface area contributed by atoms with Crippen molar-refractivity contribution >= 4 is 28.1 Å². The molecule has 9 heteroatoms. The Balaban J connectivity index is 1.53. The molecule has 0 spiro atoms. The minimum Gasteiger partial charge on any atom is -0.490 e. The minimum atomic E-state index is 0.462. The summed E-state index contributed by atoms with van der Waals surface area (Å²) in [7, 11) is 0. The SMILES string of the molecule is CCOc1cc(CNn2c(-c3ccncc3)n[nH]c2=S)c(Br)cc1OCc1ccc(C)cc1. The van der Waals surface area contributed by atoms with Crippen LogP contribution in [0.1, 0.15) is 23.6 Å². The molecular formula is C24H24BrN5O2S. The number of aromatic amines is 1. The summed E-state index contributed by atoms with van der Waals surface area (Å²) in [5, 5.41) is 7.18. The van der Waals surface area contributed by atoms with Gasteiger partial charge < -0.3 is 14.9 Å². The van der Waals surface area contributed by atoms with Gasteiger partial charge in [-0.3, -0.25) is 4.98 Å². The molecule has 0 saturated carbocycles. The number of pyridine rings is 1. The Kier molecular flexibility index (Phi) is 7.41. The number of nitrogens with zero attached hydrogens (tertiary/aromatic N) is 3. The standard InChI is InChI=1S/C24H24BrN5O2S/c1-3-31-21-12-19(20(25)13-22(21)32-15-17-6-4-16(2)5-7-17)14-27-30-23(28-29-24(30)33)18-8-10-26-11-9-18/h4-13,27H,3,14-15H2,1-2H3,(H,29,33). The highest BCUT2D eigenvalue weighted by Gasteiger charge is 2.13. The molecular weight excluding hydrogens is 502 g/mol. The number of hydrogen-bond acceptors (Lipinski definition) is 6. The lowest BCUT2D eigenvalue weighted by molar-refractivity contribution is 0.269. The van der Waals surface area contributed by atoms with Gasteiger partial charge in [-0.15, -0.1) is 0 Å². The van der Waals surface area contributed by atoms with Gasteiger partial charge in [-0.25, -0.2) is 9.77 Å². The van der Waals surface area contributed by atoms with E-state index in [4.69, 9.17) is 21.7 Å². The summed E-state index contributed by atoms with van der Waals surface area (Å²) in [5.74, 6) is 2.06. The third kappa shape index (κ3) is 5.61. The molecule has 170 valence electrons. The second-order valence-corrected chi connectivity index (χ2v) is 8.60. The zero-order valence-corrected chi connectivity index (χ0v) is 20.7. The second kappa shape index (κ2) is 10.6. The second-order valence-electron chi connectivity index (χ2n) is 7.36. The third-order valence-electron chi connectivity index (χ3n) is 4.97. The fourth-order valence-corrected chi connectivity index (χ4v) is 3.90. The highest BCUT2D eigenvalue weighted by Crippen LogP contribution is 2.34. The van der Waals surface area contributed by atoms with E-state index in [1.807, 2.05) is 31.2 Å². The van der Waals surface area contributed by atoms with Gasteiger partial charge in [-0.2, -0.15) is 5.10 Å². The van der Waals surface area contributed by atoms with E-state index in [2.05, 4.69) is 67.7 Å². The van der Waals surface area contributed by atoms with Crippen molar-refractivity contribution < 1.29 is 9.47 Å². The maximum absolute atomic E-state index is 6.08. The van der Waals surface area contributed by atoms with E-state index in [-0.39, 0.29) is 0 Å². The van der Waals surface area contributed by atoms with Crippen molar-refractivity contribution in [1.29, 1.82) is 0 Å². The summed E-state index contributed by atoms with van der Waals surface area (Å²) in [6, 6.07) is 16.0. The topological polar surface area (TPSA) is 77.0 Å². The Morgan fingerprint density at radius 2 is 1.79 bits per heavy atom. The molecule has 2 N–H and O–H groups in total. The Labute approximate surface area is 205 Å². The highest BCUT2D eigenvalue weighted by atomic mass is 79.9. The molecule has 0 aliphatic heterocycles. The van der Waals surface area contributed by atoms with E-state index < -0.39 is 0 Å². The van der Waals surface area contributed by atoms with Crippen LogP contribution in [0.2, 0.25) is 0 Å². The van der Waals surface area contributed by atoms with Crippen molar-refractivity contribution in [2.45, 2.75) is 27.0 Å². The van der Waals surface area contributed by atoms with Gasteiger partial charge in [0.2, 0.25) is 4.77 Å². The van der Waals surface area contributed by atoms with Crippen molar-refractivity contribution in [3.8, 4) is 22.9 Å². The number of halogens is 1. The number of aryl methyl sites for hydroxylation is 1. The van der Waals surface area contributed by atoms with Crippen LogP contribution in [0.5, 0.6) is 11.5 Å². The van der Waals surface area contributed by atoms with Crippen molar-refractivity contribution in [3.05, 3.63) is 86.9 Å². The summed E-state index contributed by atoms with van der Waals surface area (Å²) in [6.07, 6.45) is 3.44. The van der Waals surface area contributed by atoms with Gasteiger partial charge in [0.25, 0.3) is 0 Å². The summed E-state index contributed by atoms with van der Waals surface area (Å²) >= 11 is 9.08. The fourth-order valence-electron chi connectivity index (χ4n) is 3.24. The number of nitrogens with one attached hydrogen (secondary N) is 2. The molecule has 33 heavy (non-hydrogen) atoms. The van der Waals surface area contributed by atoms with Crippen LogP contribution in [-0.4, -0.2) is 26.5 Å². The highest BCUT2D eigenvalue weighted by molar-refractivity contribution is 9.10. The Bertz CT molecular complexity index is 1270. The first-order valence-electron chi connectivity index (χ1n) is 10.5. The summed E-state index contributed by atoms with van der Waals surface area (Å²) in [6.45, 7) is 5.51. The number of H-pyrrole nitrogens is 1. The van der Waals surface area contributed by atoms with Gasteiger partial charge in [0, 0.05) is 22.4 Å². The van der Waals surface area contributed by atoms with E-state index in [1.54, 1.807) is 17.1 Å². The average Bonchev–Trinajstić information content (AvgIpc) is 3.20. The molecule has 0 atom stereocenters. The zero-order chi connectivity index (χ0) is 23.2. The molecule has 0 unspecified atom stereocenters. The van der Waals surface area contributed by atoms with E-state index >= 15 is 0 Å². The molecule has 0 fully saturated rings. The van der Waals surface area contributed by atoms with Gasteiger partial charge in [0.05, 0.1) is 13.2 Å². The lowest BCUT2D eigenvalue weighted by atomic mass is 10.1. The van der Waals surface area contributed by atoms with E-state index in [1.165, 1.54) is 5.56 Å². The molecule has 2 aromatic carbocycles. The molecule has 4 rings (SSSR count). The summed E-state index contributed by atoms with van der Waals surface area (Å²) < 4.78 is 15.1. The van der Waals surface area contributed by atoms with E-state index in [9.17, 15) is 0 Å². The molecule has 2 heterocycles. The smallest absolute Gasteiger partial charge is 0.214 e. The van der Waals surface area contributed by atoms with Crippen LogP contribution in [0.25, 0.3) is 11.4 Å². The van der Waals surface area contributed by atoms with Gasteiger partial charge >= 0.3 is 0 Å². The number of hydrogen-bond donors (Lipinski definition) is 2. The van der Waals surface area contributed by atoms with Crippen molar-refractivity contribution in [3.63, 3.8) is 0 Å². The van der Waals surface area contributed by atoms with Crippen molar-refractivity contribution in [1.82, 2.24) is 19.9 Å². The minimum absolute atomic E-state index is 0.462. The van der Waals surface area contributed by atoms with Gasteiger partial charge in [0.1, 0.15) is 6.61 Å². The molecule has 2 aromatic heterocycles. The van der Waals surface area contributed by atoms with Crippen LogP contribution in [0.4, 0.5) is 0 Å². The average molecular weight is 526 g/mol. The van der Waals surface area contributed by atoms with Gasteiger partial charge in [0.15, 0.2) is 17.3 Å². The Hall–Kier alpha value is -3.17. The van der Waals surface area contributed by atoms with E-state index in [0.29, 0.717) is 41.9 Å². The number of rotatable bonds is 9. The fraction of sp³-hybridized carbons (Fsp3) is 0.208. The van der Waals surface area contributed by atoms with E-state index in [0.717, 1.165) is 21.2 Å². The number of aromatic nitrogens is 4. The van der Waals surface area contributed by atoms with Crippen LogP contribution >= 0.6 is 28.1 Å². The van der Waals surface area contributed by atoms with Crippen molar-refractivity contribution in [2.75, 3.05) is 12.0 Å². The monoisotopic (exact) mass is 525 g/mol. The maximum Gasteiger partial charge on any atom is 0.214 e. The molecule has 7 nitrogen and oxygen atoms in total. The summed E-state index contributed by atoms with van der Waals surface area (Å²) in [4.78, 5) is 4.06. The molecule has 0 aliphatic carbocycles. The van der Waals surface area contributed by atoms with Crippen LogP contribution in [0.3, 0.4) is 0 Å². The largest absolute Gasteiger partial charge is 0.490 e. The number of benzene rings is 2. The van der Waals surface area contributed by atoms with Gasteiger partial charge in [-0.1, -0.05) is 45.8 Å². The lowest BCUT2D eigenvalue weighted by Crippen LogP contribution is -2.16. The van der Waals surface area contributed by atoms with Crippen LogP contribution < -0.4 is 14.9 Å². The Morgan fingerprint density at radius 1 is 1.06 bits per heavy atom. The molecule has 0 saturated heterocycles. The third-order valence-corrected chi connectivity index (χ3v) is 5.98. The lowest BCUT2D eigenvalue weighted by Gasteiger charge is -2.16. The van der Waals surface area contributed by atoms with Crippen molar-refractivity contribution in [2.24, 2.45) is 0 Å². The van der Waals surface area contributed by atoms with Gasteiger partial charge in [-0.05, 0) is 61.5 Å². The maximum atomic E-state index is 6.08. The molecule has 4 aromatic rings. The predicted molar refractivity (Wildman–Crippen MR) is 135 cm³/mol. The van der Waals surface area contributed by atoms with Crippen LogP contribution in [-0.2, 0) is 13.2 Å². The molecule has 0 amide bonds. The molecule has 0 radical (unpaired) electrons.